The second-order valence-electron chi connectivity index (χ2n) is 4.98. The number of hydrogen-bond acceptors (Lipinski definition) is 3. The highest BCUT2D eigenvalue weighted by atomic mass is 35.5. The normalized spacial score (nSPS) is 10.2. The van der Waals surface area contributed by atoms with Crippen molar-refractivity contribution in [2.45, 2.75) is 13.5 Å². The Morgan fingerprint density at radius 3 is 2.70 bits per heavy atom. The second kappa shape index (κ2) is 7.65. The van der Waals surface area contributed by atoms with Crippen LogP contribution in [-0.4, -0.2) is 23.6 Å². The van der Waals surface area contributed by atoms with Gasteiger partial charge in [0.25, 0.3) is 5.91 Å². The Kier molecular flexibility index (Phi) is 5.60. The Bertz CT molecular complexity index is 730. The monoisotopic (exact) mass is 333 g/mol. The number of carboxylic acids is 1. The summed E-state index contributed by atoms with van der Waals surface area (Å²) in [4.78, 5) is 22.7. The number of benzene rings is 2. The zero-order valence-corrected chi connectivity index (χ0v) is 13.3. The first kappa shape index (κ1) is 16.8. The highest BCUT2D eigenvalue weighted by molar-refractivity contribution is 6.31. The van der Waals surface area contributed by atoms with Crippen molar-refractivity contribution in [1.29, 1.82) is 0 Å². The largest absolute Gasteiger partial charge is 0.484 e. The van der Waals surface area contributed by atoms with Crippen molar-refractivity contribution >= 4 is 23.5 Å². The van der Waals surface area contributed by atoms with E-state index < -0.39 is 5.97 Å². The molecular formula is C17H16ClNO4. The molecule has 0 atom stereocenters. The Balaban J connectivity index is 1.84. The first-order valence-corrected chi connectivity index (χ1v) is 7.31. The minimum absolute atomic E-state index is 0.125. The summed E-state index contributed by atoms with van der Waals surface area (Å²) >= 11 is 5.92. The smallest absolute Gasteiger partial charge is 0.335 e. The van der Waals surface area contributed by atoms with E-state index in [1.54, 1.807) is 30.3 Å². The van der Waals surface area contributed by atoms with Gasteiger partial charge in [0, 0.05) is 11.6 Å². The van der Waals surface area contributed by atoms with Gasteiger partial charge in [-0.15, -0.1) is 0 Å². The standard InChI is InChI=1S/C17H16ClNO4/c1-11-7-14(5-6-15(11)18)23-10-16(20)19-9-12-3-2-4-13(8-12)17(21)22/h2-8H,9-10H2,1H3,(H,19,20)(H,21,22). The van der Waals surface area contributed by atoms with Crippen LogP contribution in [0.3, 0.4) is 0 Å². The Morgan fingerprint density at radius 1 is 1.22 bits per heavy atom. The average molecular weight is 334 g/mol. The molecule has 0 aliphatic heterocycles. The van der Waals surface area contributed by atoms with Crippen LogP contribution in [0.25, 0.3) is 0 Å². The molecule has 2 aromatic carbocycles. The Morgan fingerprint density at radius 2 is 2.00 bits per heavy atom. The molecule has 0 heterocycles. The van der Waals surface area contributed by atoms with Gasteiger partial charge in [-0.25, -0.2) is 4.79 Å². The summed E-state index contributed by atoms with van der Waals surface area (Å²) in [5.74, 6) is -0.729. The zero-order chi connectivity index (χ0) is 16.8. The highest BCUT2D eigenvalue weighted by Gasteiger charge is 2.06. The minimum atomic E-state index is -1.00. The number of nitrogens with one attached hydrogen (secondary N) is 1. The lowest BCUT2D eigenvalue weighted by Crippen LogP contribution is -2.28. The summed E-state index contributed by atoms with van der Waals surface area (Å²) < 4.78 is 5.39. The molecule has 5 nitrogen and oxygen atoms in total. The SMILES string of the molecule is Cc1cc(OCC(=O)NCc2cccc(C(=O)O)c2)ccc1Cl. The summed E-state index contributed by atoms with van der Waals surface area (Å²) in [6, 6.07) is 11.6. The summed E-state index contributed by atoms with van der Waals surface area (Å²) in [6.45, 7) is 1.97. The van der Waals surface area contributed by atoms with E-state index in [0.717, 1.165) is 5.56 Å². The Hall–Kier alpha value is -2.53. The van der Waals surface area contributed by atoms with Crippen LogP contribution in [0.1, 0.15) is 21.5 Å². The molecule has 0 aliphatic rings. The van der Waals surface area contributed by atoms with Gasteiger partial charge in [-0.1, -0.05) is 23.7 Å². The molecule has 0 saturated carbocycles. The number of hydrogen-bond donors (Lipinski definition) is 2. The van der Waals surface area contributed by atoms with E-state index in [1.165, 1.54) is 12.1 Å². The zero-order valence-electron chi connectivity index (χ0n) is 12.5. The third-order valence-corrected chi connectivity index (χ3v) is 3.59. The van der Waals surface area contributed by atoms with Crippen molar-refractivity contribution in [2.75, 3.05) is 6.61 Å². The predicted molar refractivity (Wildman–Crippen MR) is 86.9 cm³/mol. The maximum absolute atomic E-state index is 11.8. The van der Waals surface area contributed by atoms with Gasteiger partial charge in [-0.3, -0.25) is 4.79 Å². The molecule has 0 bridgehead atoms. The van der Waals surface area contributed by atoms with Crippen LogP contribution in [0.2, 0.25) is 5.02 Å². The number of ether oxygens (including phenoxy) is 1. The molecule has 0 fully saturated rings. The lowest BCUT2D eigenvalue weighted by Gasteiger charge is -2.09. The average Bonchev–Trinajstić information content (AvgIpc) is 2.54. The van der Waals surface area contributed by atoms with E-state index in [2.05, 4.69) is 5.32 Å². The van der Waals surface area contributed by atoms with Gasteiger partial charge in [0.15, 0.2) is 6.61 Å². The minimum Gasteiger partial charge on any atom is -0.484 e. The van der Waals surface area contributed by atoms with Crippen LogP contribution in [0.15, 0.2) is 42.5 Å². The van der Waals surface area contributed by atoms with E-state index in [-0.39, 0.29) is 24.6 Å². The number of aryl methyl sites for hydroxylation is 1. The summed E-state index contributed by atoms with van der Waals surface area (Å²) in [6.07, 6.45) is 0. The van der Waals surface area contributed by atoms with Crippen molar-refractivity contribution in [3.63, 3.8) is 0 Å². The third-order valence-electron chi connectivity index (χ3n) is 3.16. The molecule has 0 aliphatic carbocycles. The number of amides is 1. The maximum Gasteiger partial charge on any atom is 0.335 e. The van der Waals surface area contributed by atoms with Crippen molar-refractivity contribution in [2.24, 2.45) is 0 Å². The van der Waals surface area contributed by atoms with E-state index in [4.69, 9.17) is 21.4 Å². The number of aromatic carboxylic acids is 1. The number of carboxylic acid groups (broad SMARTS) is 1. The number of halogens is 1. The fourth-order valence-electron chi connectivity index (χ4n) is 1.92. The molecule has 1 amide bonds. The quantitative estimate of drug-likeness (QED) is 0.852. The lowest BCUT2D eigenvalue weighted by molar-refractivity contribution is -0.123. The number of carbonyl (C=O) groups excluding carboxylic acids is 1. The van der Waals surface area contributed by atoms with Crippen molar-refractivity contribution in [3.05, 3.63) is 64.2 Å². The van der Waals surface area contributed by atoms with Gasteiger partial charge in [0.1, 0.15) is 5.75 Å². The highest BCUT2D eigenvalue weighted by Crippen LogP contribution is 2.20. The molecule has 0 saturated heterocycles. The van der Waals surface area contributed by atoms with E-state index in [0.29, 0.717) is 16.3 Å². The van der Waals surface area contributed by atoms with Crippen LogP contribution in [-0.2, 0) is 11.3 Å². The fraction of sp³-hybridized carbons (Fsp3) is 0.176. The molecule has 2 aromatic rings. The number of carbonyl (C=O) groups is 2. The molecule has 23 heavy (non-hydrogen) atoms. The van der Waals surface area contributed by atoms with Gasteiger partial charge in [-0.2, -0.15) is 0 Å². The van der Waals surface area contributed by atoms with Gasteiger partial charge < -0.3 is 15.2 Å². The molecule has 2 rings (SSSR count). The third kappa shape index (κ3) is 5.00. The topological polar surface area (TPSA) is 75.6 Å². The van der Waals surface area contributed by atoms with Gasteiger partial charge in [0.2, 0.25) is 0 Å². The lowest BCUT2D eigenvalue weighted by atomic mass is 10.1. The predicted octanol–water partition coefficient (Wildman–Crippen LogP) is 3.04. The van der Waals surface area contributed by atoms with Gasteiger partial charge in [0.05, 0.1) is 5.56 Å². The van der Waals surface area contributed by atoms with E-state index in [9.17, 15) is 9.59 Å². The van der Waals surface area contributed by atoms with Crippen molar-refractivity contribution in [3.8, 4) is 5.75 Å². The fourth-order valence-corrected chi connectivity index (χ4v) is 2.04. The maximum atomic E-state index is 11.8. The van der Waals surface area contributed by atoms with E-state index in [1.807, 2.05) is 6.92 Å². The summed E-state index contributed by atoms with van der Waals surface area (Å²) in [5, 5.41) is 12.2. The number of rotatable bonds is 6. The molecule has 0 aromatic heterocycles. The summed E-state index contributed by atoms with van der Waals surface area (Å²) in [5.41, 5.74) is 1.76. The van der Waals surface area contributed by atoms with Crippen LogP contribution in [0.4, 0.5) is 0 Å². The van der Waals surface area contributed by atoms with Gasteiger partial charge >= 0.3 is 5.97 Å². The van der Waals surface area contributed by atoms with Crippen molar-refractivity contribution in [1.82, 2.24) is 5.32 Å². The molecule has 0 spiro atoms. The molecule has 2 N–H and O–H groups in total. The molecular weight excluding hydrogens is 318 g/mol. The van der Waals surface area contributed by atoms with E-state index >= 15 is 0 Å². The molecule has 0 unspecified atom stereocenters. The first-order chi connectivity index (χ1) is 11.0. The van der Waals surface area contributed by atoms with Crippen LogP contribution in [0.5, 0.6) is 5.75 Å². The molecule has 0 radical (unpaired) electrons. The van der Waals surface area contributed by atoms with Crippen LogP contribution in [0, 0.1) is 6.92 Å². The van der Waals surface area contributed by atoms with Crippen LogP contribution < -0.4 is 10.1 Å². The van der Waals surface area contributed by atoms with Crippen molar-refractivity contribution < 1.29 is 19.4 Å². The van der Waals surface area contributed by atoms with Gasteiger partial charge in [-0.05, 0) is 48.4 Å². The Labute approximate surface area is 138 Å². The first-order valence-electron chi connectivity index (χ1n) is 6.93. The molecule has 6 heteroatoms. The van der Waals surface area contributed by atoms with Crippen LogP contribution >= 0.6 is 11.6 Å². The second-order valence-corrected chi connectivity index (χ2v) is 5.39. The molecule has 120 valence electrons. The summed E-state index contributed by atoms with van der Waals surface area (Å²) in [7, 11) is 0.